The molecule has 2 amide bonds. The van der Waals surface area contributed by atoms with Gasteiger partial charge in [0.1, 0.15) is 11.7 Å². The number of likely N-dealkylation sites (N-methyl/N-ethyl adjacent to an activating group) is 1. The van der Waals surface area contributed by atoms with Crippen molar-refractivity contribution in [1.29, 1.82) is 0 Å². The van der Waals surface area contributed by atoms with E-state index in [0.717, 1.165) is 27.7 Å². The van der Waals surface area contributed by atoms with Crippen LogP contribution in [-0.4, -0.2) is 39.7 Å². The Morgan fingerprint density at radius 3 is 2.37 bits per heavy atom. The van der Waals surface area contributed by atoms with Gasteiger partial charge in [0, 0.05) is 36.1 Å². The molecule has 0 aliphatic rings. The molecule has 3 N–H and O–H groups in total. The van der Waals surface area contributed by atoms with Crippen LogP contribution in [0.4, 0.5) is 0 Å². The highest BCUT2D eigenvalue weighted by molar-refractivity contribution is 5.98. The number of hydrogen-bond donors (Lipinski definition) is 3. The van der Waals surface area contributed by atoms with Gasteiger partial charge in [-0.3, -0.25) is 9.59 Å². The van der Waals surface area contributed by atoms with Crippen molar-refractivity contribution in [2.75, 3.05) is 7.05 Å². The topological polar surface area (TPSA) is 91.8 Å². The Bertz CT molecular complexity index is 1470. The van der Waals surface area contributed by atoms with Crippen LogP contribution in [0.5, 0.6) is 0 Å². The van der Waals surface area contributed by atoms with Crippen molar-refractivity contribution in [3.8, 4) is 16.9 Å². The number of hydrogen-bond acceptors (Lipinski definition) is 3. The SMILES string of the molecule is CNC(=O)[C@H](Cc1c[nH]c2ccccc12)NC(=O)c1cc(-c2ccccc2)nn1-c1ccccc1. The first-order valence-corrected chi connectivity index (χ1v) is 11.4. The molecule has 7 heteroatoms. The Hall–Kier alpha value is -4.65. The number of carbonyl (C=O) groups is 2. The fourth-order valence-electron chi connectivity index (χ4n) is 4.19. The molecule has 0 fully saturated rings. The van der Waals surface area contributed by atoms with Crippen molar-refractivity contribution in [2.45, 2.75) is 12.5 Å². The number of amides is 2. The highest BCUT2D eigenvalue weighted by Gasteiger charge is 2.25. The summed E-state index contributed by atoms with van der Waals surface area (Å²) in [5.41, 5.74) is 4.62. The summed E-state index contributed by atoms with van der Waals surface area (Å²) in [5.74, 6) is -0.644. The first kappa shape index (κ1) is 22.2. The maximum Gasteiger partial charge on any atom is 0.270 e. The van der Waals surface area contributed by atoms with Crippen molar-refractivity contribution >= 4 is 22.7 Å². The molecular formula is C28H25N5O2. The van der Waals surface area contributed by atoms with Gasteiger partial charge in [0.25, 0.3) is 5.91 Å². The third-order valence-corrected chi connectivity index (χ3v) is 5.98. The summed E-state index contributed by atoms with van der Waals surface area (Å²) in [6.45, 7) is 0. The van der Waals surface area contributed by atoms with E-state index in [-0.39, 0.29) is 11.8 Å². The minimum Gasteiger partial charge on any atom is -0.361 e. The van der Waals surface area contributed by atoms with Crippen molar-refractivity contribution in [3.63, 3.8) is 0 Å². The molecule has 0 spiro atoms. The molecule has 0 aliphatic heterocycles. The number of rotatable bonds is 7. The maximum absolute atomic E-state index is 13.5. The van der Waals surface area contributed by atoms with E-state index in [0.29, 0.717) is 17.8 Å². The summed E-state index contributed by atoms with van der Waals surface area (Å²) in [4.78, 5) is 29.5. The number of aromatic nitrogens is 3. The number of aromatic amines is 1. The van der Waals surface area contributed by atoms with E-state index in [1.165, 1.54) is 0 Å². The number of H-pyrrole nitrogens is 1. The standard InChI is InChI=1S/C28H25N5O2/c1-29-27(34)25(16-20-18-30-23-15-9-8-14-22(20)23)31-28(35)26-17-24(19-10-4-2-5-11-19)32-33(26)21-12-6-3-7-13-21/h2-15,17-18,25,30H,16H2,1H3,(H,29,34)(H,31,35)/t25-/m0/s1. The molecule has 35 heavy (non-hydrogen) atoms. The molecular weight excluding hydrogens is 438 g/mol. The van der Waals surface area contributed by atoms with Gasteiger partial charge in [-0.25, -0.2) is 4.68 Å². The fourth-order valence-corrected chi connectivity index (χ4v) is 4.19. The normalized spacial score (nSPS) is 11.8. The van der Waals surface area contributed by atoms with Gasteiger partial charge in [0.05, 0.1) is 11.4 Å². The molecule has 2 aromatic heterocycles. The predicted octanol–water partition coefficient (Wildman–Crippen LogP) is 4.11. The minimum absolute atomic E-state index is 0.266. The van der Waals surface area contributed by atoms with E-state index < -0.39 is 6.04 Å². The van der Waals surface area contributed by atoms with Crippen molar-refractivity contribution in [1.82, 2.24) is 25.4 Å². The molecule has 2 heterocycles. The van der Waals surface area contributed by atoms with E-state index in [1.807, 2.05) is 91.1 Å². The lowest BCUT2D eigenvalue weighted by molar-refractivity contribution is -0.122. The lowest BCUT2D eigenvalue weighted by atomic mass is 10.0. The summed E-state index contributed by atoms with van der Waals surface area (Å²) in [5, 5.41) is 11.3. The van der Waals surface area contributed by atoms with Crippen molar-refractivity contribution in [2.24, 2.45) is 0 Å². The van der Waals surface area contributed by atoms with E-state index in [9.17, 15) is 9.59 Å². The van der Waals surface area contributed by atoms with Crippen molar-refractivity contribution in [3.05, 3.63) is 108 Å². The van der Waals surface area contributed by atoms with E-state index in [1.54, 1.807) is 17.8 Å². The molecule has 0 radical (unpaired) electrons. The molecule has 7 nitrogen and oxygen atoms in total. The molecule has 5 aromatic rings. The smallest absolute Gasteiger partial charge is 0.270 e. The van der Waals surface area contributed by atoms with Gasteiger partial charge >= 0.3 is 0 Å². The van der Waals surface area contributed by atoms with Crippen molar-refractivity contribution < 1.29 is 9.59 Å². The zero-order valence-electron chi connectivity index (χ0n) is 19.2. The Kier molecular flexibility index (Phi) is 6.13. The number of nitrogens with zero attached hydrogens (tertiary/aromatic N) is 2. The van der Waals surface area contributed by atoms with Crippen LogP contribution in [0.2, 0.25) is 0 Å². The Labute approximate surface area is 202 Å². The van der Waals surface area contributed by atoms with Gasteiger partial charge in [-0.15, -0.1) is 0 Å². The van der Waals surface area contributed by atoms with E-state index in [2.05, 4.69) is 15.6 Å². The lowest BCUT2D eigenvalue weighted by Gasteiger charge is -2.17. The number of nitrogens with one attached hydrogen (secondary N) is 3. The van der Waals surface area contributed by atoms with Gasteiger partial charge < -0.3 is 15.6 Å². The third kappa shape index (κ3) is 4.56. The Balaban J connectivity index is 1.49. The van der Waals surface area contributed by atoms with Crippen LogP contribution in [0, 0.1) is 0 Å². The lowest BCUT2D eigenvalue weighted by Crippen LogP contribution is -2.47. The second kappa shape index (κ2) is 9.69. The quantitative estimate of drug-likeness (QED) is 0.339. The van der Waals surface area contributed by atoms with Crippen LogP contribution in [0.15, 0.2) is 97.2 Å². The molecule has 1 atom stereocenters. The zero-order chi connectivity index (χ0) is 24.2. The molecule has 174 valence electrons. The number of benzene rings is 3. The zero-order valence-corrected chi connectivity index (χ0v) is 19.2. The number of para-hydroxylation sites is 2. The summed E-state index contributed by atoms with van der Waals surface area (Å²) in [6, 6.07) is 28.1. The number of carbonyl (C=O) groups excluding carboxylic acids is 2. The van der Waals surface area contributed by atoms with E-state index in [4.69, 9.17) is 5.10 Å². The maximum atomic E-state index is 13.5. The average molecular weight is 464 g/mol. The van der Waals surface area contributed by atoms with E-state index >= 15 is 0 Å². The summed E-state index contributed by atoms with van der Waals surface area (Å²) < 4.78 is 1.62. The van der Waals surface area contributed by atoms with Gasteiger partial charge in [-0.1, -0.05) is 66.7 Å². The molecule has 3 aromatic carbocycles. The van der Waals surface area contributed by atoms with Crippen LogP contribution in [0.25, 0.3) is 27.8 Å². The number of fused-ring (bicyclic) bond motifs is 1. The molecule has 0 unspecified atom stereocenters. The largest absolute Gasteiger partial charge is 0.361 e. The third-order valence-electron chi connectivity index (χ3n) is 5.98. The summed E-state index contributed by atoms with van der Waals surface area (Å²) in [7, 11) is 1.57. The second-order valence-electron chi connectivity index (χ2n) is 8.23. The Morgan fingerprint density at radius 2 is 1.63 bits per heavy atom. The van der Waals surface area contributed by atoms with Crippen LogP contribution in [0.3, 0.4) is 0 Å². The van der Waals surface area contributed by atoms with Crippen LogP contribution in [-0.2, 0) is 11.2 Å². The molecule has 0 saturated heterocycles. The van der Waals surface area contributed by atoms with Gasteiger partial charge in [0.15, 0.2) is 0 Å². The first-order chi connectivity index (χ1) is 17.1. The first-order valence-electron chi connectivity index (χ1n) is 11.4. The van der Waals surface area contributed by atoms with Crippen LogP contribution < -0.4 is 10.6 Å². The summed E-state index contributed by atoms with van der Waals surface area (Å²) >= 11 is 0. The highest BCUT2D eigenvalue weighted by Crippen LogP contribution is 2.23. The highest BCUT2D eigenvalue weighted by atomic mass is 16.2. The fraction of sp³-hybridized carbons (Fsp3) is 0.107. The molecule has 0 saturated carbocycles. The summed E-state index contributed by atoms with van der Waals surface area (Å²) in [6.07, 6.45) is 2.23. The minimum atomic E-state index is -0.758. The second-order valence-corrected chi connectivity index (χ2v) is 8.23. The molecule has 5 rings (SSSR count). The predicted molar refractivity (Wildman–Crippen MR) is 136 cm³/mol. The average Bonchev–Trinajstić information content (AvgIpc) is 3.54. The monoisotopic (exact) mass is 463 g/mol. The Morgan fingerprint density at radius 1 is 0.943 bits per heavy atom. The van der Waals surface area contributed by atoms with Crippen LogP contribution in [0.1, 0.15) is 16.1 Å². The van der Waals surface area contributed by atoms with Gasteiger partial charge in [-0.2, -0.15) is 5.10 Å². The van der Waals surface area contributed by atoms with Crippen LogP contribution >= 0.6 is 0 Å². The molecule has 0 aliphatic carbocycles. The van der Waals surface area contributed by atoms with Gasteiger partial charge in [-0.05, 0) is 29.8 Å². The molecule has 0 bridgehead atoms. The van der Waals surface area contributed by atoms with Gasteiger partial charge in [0.2, 0.25) is 5.91 Å².